The molecule has 26 heavy (non-hydrogen) atoms. The van der Waals surface area contributed by atoms with Crippen molar-refractivity contribution < 1.29 is 19.1 Å². The van der Waals surface area contributed by atoms with Crippen LogP contribution in [0.3, 0.4) is 0 Å². The fourth-order valence-electron chi connectivity index (χ4n) is 2.83. The van der Waals surface area contributed by atoms with Crippen LogP contribution in [-0.2, 0) is 20.7 Å². The number of aromatic nitrogens is 1. The SMILES string of the molecule is C=CCOC(=O)CCc1c(C=O)[nH]c(/C=C2/NC(=O)C(C)=C2C=C)c1C. The Bertz CT molecular complexity index is 840. The second-order valence-corrected chi connectivity index (χ2v) is 5.90. The minimum absolute atomic E-state index is 0.164. The maximum absolute atomic E-state index is 11.8. The highest BCUT2D eigenvalue weighted by molar-refractivity contribution is 6.01. The Hall–Kier alpha value is -3.15. The first-order valence-electron chi connectivity index (χ1n) is 8.22. The molecule has 2 rings (SSSR count). The summed E-state index contributed by atoms with van der Waals surface area (Å²) in [7, 11) is 0. The van der Waals surface area contributed by atoms with E-state index in [1.54, 1.807) is 19.1 Å². The molecule has 0 radical (unpaired) electrons. The molecule has 0 aromatic carbocycles. The quantitative estimate of drug-likeness (QED) is 0.427. The highest BCUT2D eigenvalue weighted by Crippen LogP contribution is 2.26. The topological polar surface area (TPSA) is 88.3 Å². The van der Waals surface area contributed by atoms with E-state index in [4.69, 9.17) is 4.74 Å². The molecule has 2 N–H and O–H groups in total. The summed E-state index contributed by atoms with van der Waals surface area (Å²) in [5.41, 5.74) is 4.66. The van der Waals surface area contributed by atoms with Crippen LogP contribution in [0.1, 0.15) is 40.7 Å². The molecule has 0 unspecified atom stereocenters. The van der Waals surface area contributed by atoms with E-state index < -0.39 is 0 Å². The maximum Gasteiger partial charge on any atom is 0.306 e. The average Bonchev–Trinajstić information content (AvgIpc) is 3.07. The zero-order valence-electron chi connectivity index (χ0n) is 15.0. The number of carbonyl (C=O) groups excluding carboxylic acids is 3. The van der Waals surface area contributed by atoms with E-state index in [-0.39, 0.29) is 24.9 Å². The molecule has 1 aromatic rings. The number of aldehydes is 1. The Morgan fingerprint density at radius 3 is 2.58 bits per heavy atom. The molecule has 0 fully saturated rings. The number of aromatic amines is 1. The van der Waals surface area contributed by atoms with Crippen molar-refractivity contribution in [2.45, 2.75) is 26.7 Å². The number of rotatable bonds is 8. The van der Waals surface area contributed by atoms with Gasteiger partial charge in [0.1, 0.15) is 6.61 Å². The summed E-state index contributed by atoms with van der Waals surface area (Å²) in [5.74, 6) is -0.519. The summed E-state index contributed by atoms with van der Waals surface area (Å²) in [6.07, 6.45) is 6.16. The molecule has 0 saturated carbocycles. The van der Waals surface area contributed by atoms with Gasteiger partial charge in [-0.2, -0.15) is 0 Å². The lowest BCUT2D eigenvalue weighted by Crippen LogP contribution is -2.15. The Morgan fingerprint density at radius 2 is 1.96 bits per heavy atom. The second kappa shape index (κ2) is 8.29. The summed E-state index contributed by atoms with van der Waals surface area (Å²) in [5, 5.41) is 2.79. The van der Waals surface area contributed by atoms with Gasteiger partial charge in [-0.3, -0.25) is 14.4 Å². The average molecular weight is 354 g/mol. The molecule has 136 valence electrons. The predicted molar refractivity (Wildman–Crippen MR) is 99.4 cm³/mol. The predicted octanol–water partition coefficient (Wildman–Crippen LogP) is 2.77. The highest BCUT2D eigenvalue weighted by atomic mass is 16.5. The van der Waals surface area contributed by atoms with Crippen molar-refractivity contribution in [2.75, 3.05) is 6.61 Å². The first kappa shape index (κ1) is 19.2. The van der Waals surface area contributed by atoms with E-state index in [9.17, 15) is 14.4 Å². The number of hydrogen-bond acceptors (Lipinski definition) is 4. The summed E-state index contributed by atoms with van der Waals surface area (Å²) in [4.78, 5) is 38.0. The van der Waals surface area contributed by atoms with Gasteiger partial charge in [0.2, 0.25) is 0 Å². The molecule has 0 aliphatic carbocycles. The summed E-state index contributed by atoms with van der Waals surface area (Å²) in [6, 6.07) is 0. The van der Waals surface area contributed by atoms with Gasteiger partial charge < -0.3 is 15.0 Å². The third-order valence-corrected chi connectivity index (χ3v) is 4.29. The number of allylic oxidation sites excluding steroid dienone is 1. The molecular weight excluding hydrogens is 332 g/mol. The number of amides is 1. The zero-order chi connectivity index (χ0) is 19.3. The normalized spacial score (nSPS) is 15.2. The monoisotopic (exact) mass is 354 g/mol. The summed E-state index contributed by atoms with van der Waals surface area (Å²) >= 11 is 0. The number of ether oxygens (including phenoxy) is 1. The summed E-state index contributed by atoms with van der Waals surface area (Å²) in [6.45, 7) is 11.0. The molecule has 6 nitrogen and oxygen atoms in total. The fraction of sp³-hybridized carbons (Fsp3) is 0.250. The number of nitrogens with one attached hydrogen (secondary N) is 2. The van der Waals surface area contributed by atoms with E-state index in [1.165, 1.54) is 6.08 Å². The Morgan fingerprint density at radius 1 is 1.23 bits per heavy atom. The zero-order valence-corrected chi connectivity index (χ0v) is 15.0. The molecule has 1 aromatic heterocycles. The first-order valence-corrected chi connectivity index (χ1v) is 8.22. The third kappa shape index (κ3) is 3.91. The van der Waals surface area contributed by atoms with E-state index >= 15 is 0 Å². The van der Waals surface area contributed by atoms with Crippen LogP contribution in [0.25, 0.3) is 6.08 Å². The van der Waals surface area contributed by atoms with Crippen molar-refractivity contribution in [3.63, 3.8) is 0 Å². The lowest BCUT2D eigenvalue weighted by atomic mass is 10.0. The lowest BCUT2D eigenvalue weighted by Gasteiger charge is -2.04. The van der Waals surface area contributed by atoms with E-state index in [1.807, 2.05) is 6.92 Å². The molecule has 1 aliphatic heterocycles. The van der Waals surface area contributed by atoms with Gasteiger partial charge in [0.25, 0.3) is 5.91 Å². The highest BCUT2D eigenvalue weighted by Gasteiger charge is 2.22. The maximum atomic E-state index is 11.8. The molecule has 0 saturated heterocycles. The van der Waals surface area contributed by atoms with Gasteiger partial charge in [-0.15, -0.1) is 0 Å². The van der Waals surface area contributed by atoms with Crippen molar-refractivity contribution in [3.8, 4) is 0 Å². The number of H-pyrrole nitrogens is 1. The van der Waals surface area contributed by atoms with Crippen molar-refractivity contribution in [3.05, 3.63) is 64.7 Å². The van der Waals surface area contributed by atoms with Crippen LogP contribution in [0, 0.1) is 6.92 Å². The van der Waals surface area contributed by atoms with Gasteiger partial charge in [-0.05, 0) is 37.5 Å². The van der Waals surface area contributed by atoms with Crippen molar-refractivity contribution in [2.24, 2.45) is 0 Å². The molecule has 0 atom stereocenters. The van der Waals surface area contributed by atoms with Crippen molar-refractivity contribution >= 4 is 24.2 Å². The number of carbonyl (C=O) groups is 3. The number of esters is 1. The minimum Gasteiger partial charge on any atom is -0.461 e. The van der Waals surface area contributed by atoms with Crippen LogP contribution in [0.5, 0.6) is 0 Å². The van der Waals surface area contributed by atoms with Gasteiger partial charge in [0.15, 0.2) is 6.29 Å². The molecule has 2 heterocycles. The Balaban J connectivity index is 2.28. The largest absolute Gasteiger partial charge is 0.461 e. The van der Waals surface area contributed by atoms with Gasteiger partial charge in [-0.1, -0.05) is 25.3 Å². The van der Waals surface area contributed by atoms with E-state index in [2.05, 4.69) is 23.5 Å². The van der Waals surface area contributed by atoms with Crippen LogP contribution in [0.2, 0.25) is 0 Å². The third-order valence-electron chi connectivity index (χ3n) is 4.29. The van der Waals surface area contributed by atoms with Crippen LogP contribution < -0.4 is 5.32 Å². The van der Waals surface area contributed by atoms with Crippen LogP contribution in [-0.4, -0.2) is 29.8 Å². The Labute approximate surface area is 152 Å². The minimum atomic E-state index is -0.349. The lowest BCUT2D eigenvalue weighted by molar-refractivity contribution is -0.142. The first-order chi connectivity index (χ1) is 12.4. The molecule has 0 spiro atoms. The van der Waals surface area contributed by atoms with Crippen LogP contribution in [0.15, 0.2) is 42.2 Å². The van der Waals surface area contributed by atoms with Gasteiger partial charge in [-0.25, -0.2) is 0 Å². The molecule has 1 amide bonds. The van der Waals surface area contributed by atoms with Gasteiger partial charge in [0.05, 0.1) is 11.4 Å². The molecule has 1 aliphatic rings. The summed E-state index contributed by atoms with van der Waals surface area (Å²) < 4.78 is 4.96. The van der Waals surface area contributed by atoms with Gasteiger partial charge in [0, 0.05) is 23.3 Å². The van der Waals surface area contributed by atoms with Gasteiger partial charge >= 0.3 is 5.97 Å². The van der Waals surface area contributed by atoms with Crippen molar-refractivity contribution in [1.82, 2.24) is 10.3 Å². The van der Waals surface area contributed by atoms with E-state index in [0.717, 1.165) is 23.0 Å². The smallest absolute Gasteiger partial charge is 0.306 e. The van der Waals surface area contributed by atoms with E-state index in [0.29, 0.717) is 29.1 Å². The fourth-order valence-corrected chi connectivity index (χ4v) is 2.83. The molecule has 0 bridgehead atoms. The molecular formula is C20H22N2O4. The second-order valence-electron chi connectivity index (χ2n) is 5.90. The number of hydrogen-bond donors (Lipinski definition) is 2. The Kier molecular flexibility index (Phi) is 6.11. The van der Waals surface area contributed by atoms with Crippen LogP contribution in [0.4, 0.5) is 0 Å². The molecule has 6 heteroatoms. The van der Waals surface area contributed by atoms with Crippen molar-refractivity contribution in [1.29, 1.82) is 0 Å². The standard InChI is InChI=1S/C20H22N2O4/c1-5-9-26-19(24)8-7-15-12(3)16(21-18(15)11-23)10-17-14(6-2)13(4)20(25)22-17/h5-6,10-11,21H,1-2,7-9H2,3-4H3,(H,22,25)/b17-10+. The van der Waals surface area contributed by atoms with Crippen LogP contribution >= 0.6 is 0 Å².